The van der Waals surface area contributed by atoms with Gasteiger partial charge < -0.3 is 10.6 Å². The average Bonchev–Trinajstić information content (AvgIpc) is 2.28. The van der Waals surface area contributed by atoms with Crippen LogP contribution in [0.4, 0.5) is 0 Å². The number of unbranched alkanes of at least 4 members (excludes halogenated alkanes) is 1. The minimum absolute atomic E-state index is 0.776. The molecular weight excluding hydrogens is 184 g/mol. The van der Waals surface area contributed by atoms with Crippen molar-refractivity contribution in [3.05, 3.63) is 0 Å². The lowest BCUT2D eigenvalue weighted by molar-refractivity contribution is 0.322. The van der Waals surface area contributed by atoms with Crippen LogP contribution in [0.25, 0.3) is 0 Å². The minimum atomic E-state index is 0.776. The molecule has 2 nitrogen and oxygen atoms in total. The van der Waals surface area contributed by atoms with E-state index < -0.39 is 0 Å². The van der Waals surface area contributed by atoms with Gasteiger partial charge in [-0.15, -0.1) is 0 Å². The summed E-state index contributed by atoms with van der Waals surface area (Å²) in [7, 11) is 0. The second kappa shape index (κ2) is 8.12. The zero-order valence-electron chi connectivity index (χ0n) is 10.5. The Morgan fingerprint density at radius 2 is 1.87 bits per heavy atom. The molecule has 1 rings (SSSR count). The first-order valence-electron chi connectivity index (χ1n) is 6.83. The fourth-order valence-electron chi connectivity index (χ4n) is 2.43. The van der Waals surface area contributed by atoms with Crippen LogP contribution in [0.5, 0.6) is 0 Å². The van der Waals surface area contributed by atoms with E-state index in [4.69, 9.17) is 0 Å². The average molecular weight is 212 g/mol. The van der Waals surface area contributed by atoms with Gasteiger partial charge in [0.05, 0.1) is 0 Å². The third-order valence-electron chi connectivity index (χ3n) is 3.35. The van der Waals surface area contributed by atoms with E-state index in [2.05, 4.69) is 24.5 Å². The topological polar surface area (TPSA) is 24.1 Å². The summed E-state index contributed by atoms with van der Waals surface area (Å²) in [5.74, 6) is 0. The van der Waals surface area contributed by atoms with Crippen LogP contribution in [0.3, 0.4) is 0 Å². The van der Waals surface area contributed by atoms with E-state index in [1.165, 1.54) is 58.0 Å². The summed E-state index contributed by atoms with van der Waals surface area (Å²) in [6, 6.07) is 1.55. The van der Waals surface area contributed by atoms with Crippen LogP contribution < -0.4 is 10.6 Å². The van der Waals surface area contributed by atoms with Gasteiger partial charge in [-0.25, -0.2) is 0 Å². The zero-order chi connectivity index (χ0) is 10.9. The lowest BCUT2D eigenvalue weighted by Gasteiger charge is -2.29. The van der Waals surface area contributed by atoms with Crippen molar-refractivity contribution in [3.8, 4) is 0 Å². The summed E-state index contributed by atoms with van der Waals surface area (Å²) in [6.45, 7) is 6.98. The maximum atomic E-state index is 3.85. The monoisotopic (exact) mass is 212 g/mol. The molecule has 0 bridgehead atoms. The van der Waals surface area contributed by atoms with Crippen molar-refractivity contribution in [3.63, 3.8) is 0 Å². The van der Waals surface area contributed by atoms with Crippen LogP contribution in [0.2, 0.25) is 0 Å². The quantitative estimate of drug-likeness (QED) is 0.678. The van der Waals surface area contributed by atoms with Crippen molar-refractivity contribution in [2.24, 2.45) is 0 Å². The Kier molecular flexibility index (Phi) is 7.03. The van der Waals surface area contributed by atoms with E-state index in [-0.39, 0.29) is 0 Å². The molecule has 0 radical (unpaired) electrons. The summed E-state index contributed by atoms with van der Waals surface area (Å²) < 4.78 is 0. The largest absolute Gasteiger partial charge is 0.317 e. The maximum Gasteiger partial charge on any atom is 0.00938 e. The summed E-state index contributed by atoms with van der Waals surface area (Å²) >= 11 is 0. The van der Waals surface area contributed by atoms with E-state index >= 15 is 0 Å². The summed E-state index contributed by atoms with van der Waals surface area (Å²) in [5.41, 5.74) is 0. The van der Waals surface area contributed by atoms with Crippen LogP contribution >= 0.6 is 0 Å². The third-order valence-corrected chi connectivity index (χ3v) is 3.35. The predicted molar refractivity (Wildman–Crippen MR) is 67.2 cm³/mol. The van der Waals surface area contributed by atoms with Gasteiger partial charge in [-0.2, -0.15) is 0 Å². The van der Waals surface area contributed by atoms with E-state index in [0.717, 1.165) is 12.1 Å². The molecule has 2 N–H and O–H groups in total. The Bertz CT molecular complexity index is 141. The van der Waals surface area contributed by atoms with Gasteiger partial charge in [0, 0.05) is 12.1 Å². The minimum Gasteiger partial charge on any atom is -0.317 e. The molecule has 0 saturated carbocycles. The summed E-state index contributed by atoms with van der Waals surface area (Å²) in [6.07, 6.45) is 9.36. The molecule has 15 heavy (non-hydrogen) atoms. The van der Waals surface area contributed by atoms with Gasteiger partial charge in [0.25, 0.3) is 0 Å². The molecule has 1 aliphatic rings. The normalized spacial score (nSPS) is 20.4. The van der Waals surface area contributed by atoms with Crippen LogP contribution in [0.1, 0.15) is 58.8 Å². The molecule has 0 aliphatic carbocycles. The highest BCUT2D eigenvalue weighted by Gasteiger charge is 2.16. The van der Waals surface area contributed by atoms with Crippen LogP contribution in [-0.2, 0) is 0 Å². The molecule has 0 amide bonds. The van der Waals surface area contributed by atoms with Crippen molar-refractivity contribution in [2.45, 2.75) is 70.9 Å². The molecule has 1 saturated heterocycles. The SMILES string of the molecule is CCCCC(CCC)NC1CCNCC1. The Labute approximate surface area is 95.2 Å². The molecule has 0 aromatic heterocycles. The van der Waals surface area contributed by atoms with Gasteiger partial charge >= 0.3 is 0 Å². The zero-order valence-corrected chi connectivity index (χ0v) is 10.5. The fraction of sp³-hybridized carbons (Fsp3) is 1.00. The first-order chi connectivity index (χ1) is 7.36. The Morgan fingerprint density at radius 1 is 1.13 bits per heavy atom. The number of hydrogen-bond donors (Lipinski definition) is 2. The Morgan fingerprint density at radius 3 is 2.47 bits per heavy atom. The molecule has 1 aliphatic heterocycles. The van der Waals surface area contributed by atoms with Crippen molar-refractivity contribution in [1.82, 2.24) is 10.6 Å². The molecule has 1 atom stereocenters. The maximum absolute atomic E-state index is 3.85. The number of nitrogens with one attached hydrogen (secondary N) is 2. The summed E-state index contributed by atoms with van der Waals surface area (Å²) in [4.78, 5) is 0. The van der Waals surface area contributed by atoms with Crippen LogP contribution in [0, 0.1) is 0 Å². The predicted octanol–water partition coefficient (Wildman–Crippen LogP) is 2.69. The molecule has 0 aromatic rings. The first kappa shape index (κ1) is 13.0. The molecule has 1 heterocycles. The standard InChI is InChI=1S/C13H28N2/c1-3-5-7-12(6-4-2)15-13-8-10-14-11-9-13/h12-15H,3-11H2,1-2H3. The van der Waals surface area contributed by atoms with Crippen molar-refractivity contribution in [1.29, 1.82) is 0 Å². The number of hydrogen-bond acceptors (Lipinski definition) is 2. The number of rotatable bonds is 7. The molecule has 2 heteroatoms. The van der Waals surface area contributed by atoms with Crippen molar-refractivity contribution < 1.29 is 0 Å². The van der Waals surface area contributed by atoms with Gasteiger partial charge in [-0.1, -0.05) is 33.1 Å². The molecule has 0 spiro atoms. The highest BCUT2D eigenvalue weighted by molar-refractivity contribution is 4.78. The van der Waals surface area contributed by atoms with Gasteiger partial charge in [0.1, 0.15) is 0 Å². The fourth-order valence-corrected chi connectivity index (χ4v) is 2.43. The lowest BCUT2D eigenvalue weighted by atomic mass is 10.0. The highest BCUT2D eigenvalue weighted by atomic mass is 15.0. The van der Waals surface area contributed by atoms with Crippen molar-refractivity contribution in [2.75, 3.05) is 13.1 Å². The van der Waals surface area contributed by atoms with E-state index in [9.17, 15) is 0 Å². The second-order valence-corrected chi connectivity index (χ2v) is 4.82. The van der Waals surface area contributed by atoms with E-state index in [1.807, 2.05) is 0 Å². The van der Waals surface area contributed by atoms with E-state index in [1.54, 1.807) is 0 Å². The Hall–Kier alpha value is -0.0800. The lowest BCUT2D eigenvalue weighted by Crippen LogP contribution is -2.44. The molecule has 1 unspecified atom stereocenters. The van der Waals surface area contributed by atoms with Crippen molar-refractivity contribution >= 4 is 0 Å². The highest BCUT2D eigenvalue weighted by Crippen LogP contribution is 2.11. The van der Waals surface area contributed by atoms with Gasteiger partial charge in [-0.3, -0.25) is 0 Å². The number of piperidine rings is 1. The van der Waals surface area contributed by atoms with Gasteiger partial charge in [0.2, 0.25) is 0 Å². The van der Waals surface area contributed by atoms with Gasteiger partial charge in [0.15, 0.2) is 0 Å². The van der Waals surface area contributed by atoms with Gasteiger partial charge in [-0.05, 0) is 38.8 Å². The molecule has 0 aromatic carbocycles. The Balaban J connectivity index is 2.21. The van der Waals surface area contributed by atoms with Crippen LogP contribution in [0.15, 0.2) is 0 Å². The second-order valence-electron chi connectivity index (χ2n) is 4.82. The smallest absolute Gasteiger partial charge is 0.00938 e. The molecule has 90 valence electrons. The van der Waals surface area contributed by atoms with E-state index in [0.29, 0.717) is 0 Å². The summed E-state index contributed by atoms with van der Waals surface area (Å²) in [5, 5.41) is 7.27. The molecular formula is C13H28N2. The molecule has 1 fully saturated rings. The third kappa shape index (κ3) is 5.53. The van der Waals surface area contributed by atoms with Crippen LogP contribution in [-0.4, -0.2) is 25.2 Å². The first-order valence-corrected chi connectivity index (χ1v) is 6.83.